The number of guanidine groups is 1. The van der Waals surface area contributed by atoms with Crippen LogP contribution in [0.2, 0.25) is 0 Å². The molecule has 1 heterocycles. The molecule has 1 fully saturated rings. The number of aliphatic imine (C=N–C) groups is 1. The molecule has 146 valence electrons. The molecule has 0 aromatic heterocycles. The van der Waals surface area contributed by atoms with E-state index in [2.05, 4.69) is 15.2 Å². The summed E-state index contributed by atoms with van der Waals surface area (Å²) in [5, 5.41) is 12.4. The SMILES string of the molecule is CCO[C@@H]1CCCN([C@@H]2C=C(C(=O)O)C[C@H](N=C(N)N)[C@H]2NC(C)=O)C1. The van der Waals surface area contributed by atoms with Gasteiger partial charge < -0.3 is 26.6 Å². The Bertz CT molecular complexity index is 586. The summed E-state index contributed by atoms with van der Waals surface area (Å²) in [5.41, 5.74) is 11.3. The maximum absolute atomic E-state index is 11.8. The standard InChI is InChI=1S/C17H29N5O4/c1-3-26-12-5-4-6-22(9-12)14-8-11(16(24)25)7-13(21-17(18)19)15(14)20-10(2)23/h8,12-15H,3-7,9H2,1-2H3,(H,20,23)(H,24,25)(H4,18,19,21)/t12-,13+,14-,15-/m1/s1. The van der Waals surface area contributed by atoms with Crippen molar-refractivity contribution >= 4 is 17.8 Å². The zero-order chi connectivity index (χ0) is 19.3. The second-order valence-electron chi connectivity index (χ2n) is 6.75. The van der Waals surface area contributed by atoms with Gasteiger partial charge in [0, 0.05) is 32.1 Å². The van der Waals surface area contributed by atoms with Gasteiger partial charge in [0.15, 0.2) is 5.96 Å². The van der Waals surface area contributed by atoms with Crippen LogP contribution in [0, 0.1) is 0 Å². The van der Waals surface area contributed by atoms with Crippen molar-refractivity contribution in [2.45, 2.75) is 57.3 Å². The first-order valence-corrected chi connectivity index (χ1v) is 8.97. The van der Waals surface area contributed by atoms with Gasteiger partial charge in [-0.1, -0.05) is 6.08 Å². The number of rotatable bonds is 6. The van der Waals surface area contributed by atoms with Crippen LogP contribution in [0.4, 0.5) is 0 Å². The molecule has 1 amide bonds. The Balaban J connectivity index is 2.35. The number of carboxylic acid groups (broad SMARTS) is 1. The number of carbonyl (C=O) groups excluding carboxylic acids is 1. The molecular formula is C17H29N5O4. The molecule has 1 aliphatic carbocycles. The minimum Gasteiger partial charge on any atom is -0.478 e. The molecule has 1 aliphatic heterocycles. The summed E-state index contributed by atoms with van der Waals surface area (Å²) in [7, 11) is 0. The number of hydrogen-bond donors (Lipinski definition) is 4. The number of carboxylic acids is 1. The zero-order valence-electron chi connectivity index (χ0n) is 15.4. The number of likely N-dealkylation sites (tertiary alicyclic amines) is 1. The first-order chi connectivity index (χ1) is 12.3. The molecule has 4 atom stereocenters. The van der Waals surface area contributed by atoms with Gasteiger partial charge in [-0.15, -0.1) is 0 Å². The third-order valence-electron chi connectivity index (χ3n) is 4.78. The number of piperidine rings is 1. The largest absolute Gasteiger partial charge is 0.478 e. The van der Waals surface area contributed by atoms with Crippen LogP contribution in [0.25, 0.3) is 0 Å². The van der Waals surface area contributed by atoms with Crippen molar-refractivity contribution in [3.8, 4) is 0 Å². The molecule has 6 N–H and O–H groups in total. The van der Waals surface area contributed by atoms with Crippen molar-refractivity contribution in [1.82, 2.24) is 10.2 Å². The van der Waals surface area contributed by atoms with Gasteiger partial charge in [0.05, 0.1) is 24.2 Å². The third kappa shape index (κ3) is 5.18. The lowest BCUT2D eigenvalue weighted by atomic mass is 9.85. The van der Waals surface area contributed by atoms with Gasteiger partial charge in [0.25, 0.3) is 0 Å². The van der Waals surface area contributed by atoms with Crippen LogP contribution in [0.15, 0.2) is 16.6 Å². The van der Waals surface area contributed by atoms with Gasteiger partial charge in [-0.2, -0.15) is 0 Å². The molecule has 0 aromatic rings. The number of nitrogens with two attached hydrogens (primary N) is 2. The molecular weight excluding hydrogens is 338 g/mol. The fourth-order valence-electron chi connectivity index (χ4n) is 3.79. The second kappa shape index (κ2) is 9.00. The summed E-state index contributed by atoms with van der Waals surface area (Å²) < 4.78 is 5.75. The summed E-state index contributed by atoms with van der Waals surface area (Å²) in [6, 6.07) is -1.24. The van der Waals surface area contributed by atoms with Crippen molar-refractivity contribution in [1.29, 1.82) is 0 Å². The van der Waals surface area contributed by atoms with Crippen molar-refractivity contribution < 1.29 is 19.4 Å². The van der Waals surface area contributed by atoms with Gasteiger partial charge in [0.1, 0.15) is 0 Å². The Kier molecular flexibility index (Phi) is 6.98. The maximum atomic E-state index is 11.8. The Morgan fingerprint density at radius 1 is 1.46 bits per heavy atom. The monoisotopic (exact) mass is 367 g/mol. The van der Waals surface area contributed by atoms with E-state index in [1.807, 2.05) is 6.92 Å². The molecule has 0 bridgehead atoms. The lowest BCUT2D eigenvalue weighted by Gasteiger charge is -2.44. The molecule has 0 radical (unpaired) electrons. The Morgan fingerprint density at radius 2 is 2.19 bits per heavy atom. The van der Waals surface area contributed by atoms with Crippen LogP contribution in [0.5, 0.6) is 0 Å². The first-order valence-electron chi connectivity index (χ1n) is 8.97. The van der Waals surface area contributed by atoms with E-state index < -0.39 is 18.1 Å². The fourth-order valence-corrected chi connectivity index (χ4v) is 3.79. The van der Waals surface area contributed by atoms with Crippen molar-refractivity contribution in [3.05, 3.63) is 11.6 Å². The number of ether oxygens (including phenoxy) is 1. The van der Waals surface area contributed by atoms with Crippen molar-refractivity contribution in [2.75, 3.05) is 19.7 Å². The predicted octanol–water partition coefficient (Wildman–Crippen LogP) is -0.583. The van der Waals surface area contributed by atoms with Gasteiger partial charge in [-0.25, -0.2) is 9.79 Å². The number of nitrogens with one attached hydrogen (secondary N) is 1. The van der Waals surface area contributed by atoms with Gasteiger partial charge in [-0.05, 0) is 26.3 Å². The highest BCUT2D eigenvalue weighted by Crippen LogP contribution is 2.28. The minimum atomic E-state index is -0.995. The van der Waals surface area contributed by atoms with E-state index in [4.69, 9.17) is 16.2 Å². The normalized spacial score (nSPS) is 29.5. The van der Waals surface area contributed by atoms with E-state index in [0.717, 1.165) is 19.4 Å². The molecule has 2 rings (SSSR count). The number of carbonyl (C=O) groups is 2. The third-order valence-corrected chi connectivity index (χ3v) is 4.78. The fraction of sp³-hybridized carbons (Fsp3) is 0.706. The van der Waals surface area contributed by atoms with Gasteiger partial charge in [-0.3, -0.25) is 9.69 Å². The maximum Gasteiger partial charge on any atom is 0.331 e. The molecule has 9 heteroatoms. The highest BCUT2D eigenvalue weighted by Gasteiger charge is 2.40. The van der Waals surface area contributed by atoms with Crippen LogP contribution in [-0.4, -0.2) is 71.8 Å². The Hall–Kier alpha value is -2.13. The zero-order valence-corrected chi connectivity index (χ0v) is 15.4. The van der Waals surface area contributed by atoms with Crippen LogP contribution >= 0.6 is 0 Å². The van der Waals surface area contributed by atoms with E-state index in [0.29, 0.717) is 13.2 Å². The van der Waals surface area contributed by atoms with Crippen LogP contribution in [0.1, 0.15) is 33.1 Å². The summed E-state index contributed by atoms with van der Waals surface area (Å²) in [6.45, 7) is 5.48. The van der Waals surface area contributed by atoms with Crippen LogP contribution in [0.3, 0.4) is 0 Å². The summed E-state index contributed by atoms with van der Waals surface area (Å²) in [5.74, 6) is -1.33. The number of amides is 1. The summed E-state index contributed by atoms with van der Waals surface area (Å²) in [4.78, 5) is 29.7. The molecule has 1 saturated heterocycles. The summed E-state index contributed by atoms with van der Waals surface area (Å²) >= 11 is 0. The lowest BCUT2D eigenvalue weighted by Crippen LogP contribution is -2.60. The molecule has 0 spiro atoms. The average molecular weight is 367 g/mol. The van der Waals surface area contributed by atoms with E-state index in [1.165, 1.54) is 6.92 Å². The molecule has 26 heavy (non-hydrogen) atoms. The second-order valence-corrected chi connectivity index (χ2v) is 6.75. The summed E-state index contributed by atoms with van der Waals surface area (Å²) in [6.07, 6.45) is 3.89. The highest BCUT2D eigenvalue weighted by molar-refractivity contribution is 5.87. The molecule has 9 nitrogen and oxygen atoms in total. The van der Waals surface area contributed by atoms with E-state index in [9.17, 15) is 14.7 Å². The van der Waals surface area contributed by atoms with E-state index >= 15 is 0 Å². The number of aliphatic carboxylic acids is 1. The van der Waals surface area contributed by atoms with E-state index in [1.54, 1.807) is 6.08 Å². The number of hydrogen-bond acceptors (Lipinski definition) is 5. The Morgan fingerprint density at radius 3 is 2.77 bits per heavy atom. The Labute approximate surface area is 153 Å². The molecule has 0 aromatic carbocycles. The smallest absolute Gasteiger partial charge is 0.331 e. The van der Waals surface area contributed by atoms with Gasteiger partial charge >= 0.3 is 5.97 Å². The predicted molar refractivity (Wildman–Crippen MR) is 97.5 cm³/mol. The lowest BCUT2D eigenvalue weighted by molar-refractivity contribution is -0.133. The highest BCUT2D eigenvalue weighted by atomic mass is 16.5. The molecule has 0 unspecified atom stereocenters. The topological polar surface area (TPSA) is 143 Å². The van der Waals surface area contributed by atoms with Crippen LogP contribution < -0.4 is 16.8 Å². The minimum absolute atomic E-state index is 0.0943. The van der Waals surface area contributed by atoms with E-state index in [-0.39, 0.29) is 36.0 Å². The molecule has 0 saturated carbocycles. The molecule has 2 aliphatic rings. The van der Waals surface area contributed by atoms with Crippen molar-refractivity contribution in [3.63, 3.8) is 0 Å². The quantitative estimate of drug-likeness (QED) is 0.363. The van der Waals surface area contributed by atoms with Crippen LogP contribution in [-0.2, 0) is 14.3 Å². The van der Waals surface area contributed by atoms with Gasteiger partial charge in [0.2, 0.25) is 5.91 Å². The number of nitrogens with zero attached hydrogens (tertiary/aromatic N) is 2. The first kappa shape index (κ1) is 20.2. The van der Waals surface area contributed by atoms with Crippen molar-refractivity contribution in [2.24, 2.45) is 16.5 Å². The average Bonchev–Trinajstić information content (AvgIpc) is 2.55.